The van der Waals surface area contributed by atoms with E-state index in [2.05, 4.69) is 0 Å². The summed E-state index contributed by atoms with van der Waals surface area (Å²) in [5, 5.41) is 0.141. The minimum absolute atomic E-state index is 0.0703. The molecule has 102 valence electrons. The van der Waals surface area contributed by atoms with E-state index in [1.165, 1.54) is 36.7 Å². The monoisotopic (exact) mass is 289 g/mol. The van der Waals surface area contributed by atoms with Crippen molar-refractivity contribution in [3.05, 3.63) is 85.2 Å². The van der Waals surface area contributed by atoms with Gasteiger partial charge in [0.2, 0.25) is 0 Å². The van der Waals surface area contributed by atoms with Gasteiger partial charge in [-0.15, -0.1) is 0 Å². The fourth-order valence-corrected chi connectivity index (χ4v) is 5.15. The summed E-state index contributed by atoms with van der Waals surface area (Å²) >= 11 is 0. The van der Waals surface area contributed by atoms with Crippen LogP contribution in [0.3, 0.4) is 0 Å². The SMILES string of the molecule is FP(F)(c1ccccc1)(c1ccccc1)n1cccc1. The summed E-state index contributed by atoms with van der Waals surface area (Å²) < 4.78 is 33.0. The van der Waals surface area contributed by atoms with Gasteiger partial charge in [0.25, 0.3) is 0 Å². The van der Waals surface area contributed by atoms with Crippen molar-refractivity contribution < 1.29 is 8.39 Å². The zero-order valence-corrected chi connectivity index (χ0v) is 11.6. The van der Waals surface area contributed by atoms with Crippen molar-refractivity contribution >= 4 is 18.0 Å². The van der Waals surface area contributed by atoms with Gasteiger partial charge in [-0.3, -0.25) is 0 Å². The Kier molecular flexibility index (Phi) is 2.95. The van der Waals surface area contributed by atoms with Crippen molar-refractivity contribution in [1.82, 2.24) is 4.34 Å². The summed E-state index contributed by atoms with van der Waals surface area (Å²) in [6.07, 6.45) is 2.88. The number of rotatable bonds is 3. The Labute approximate surface area is 116 Å². The van der Waals surface area contributed by atoms with E-state index >= 15 is 8.39 Å². The van der Waals surface area contributed by atoms with Crippen LogP contribution in [0, 0.1) is 0 Å². The maximum absolute atomic E-state index is 15.9. The van der Waals surface area contributed by atoms with E-state index in [9.17, 15) is 0 Å². The van der Waals surface area contributed by atoms with Crippen LogP contribution in [0.1, 0.15) is 0 Å². The van der Waals surface area contributed by atoms with Crippen LogP contribution in [0.15, 0.2) is 85.2 Å². The zero-order chi connectivity index (χ0) is 14.1. The van der Waals surface area contributed by atoms with Gasteiger partial charge in [0.05, 0.1) is 0 Å². The van der Waals surface area contributed by atoms with Crippen molar-refractivity contribution in [2.24, 2.45) is 0 Å². The van der Waals surface area contributed by atoms with Crippen LogP contribution in [-0.2, 0) is 0 Å². The first kappa shape index (κ1) is 13.0. The fraction of sp³-hybridized carbons (Fsp3) is 0. The number of halogens is 2. The molecule has 1 heterocycles. The normalized spacial score (nSPS) is 13.6. The predicted molar refractivity (Wildman–Crippen MR) is 81.1 cm³/mol. The zero-order valence-electron chi connectivity index (χ0n) is 10.7. The molecule has 4 heteroatoms. The molecule has 1 nitrogen and oxygen atoms in total. The van der Waals surface area contributed by atoms with Gasteiger partial charge in [0, 0.05) is 0 Å². The van der Waals surface area contributed by atoms with Gasteiger partial charge in [-0.05, 0) is 0 Å². The molecule has 3 rings (SSSR count). The number of hydrogen-bond acceptors (Lipinski definition) is 0. The van der Waals surface area contributed by atoms with E-state index in [4.69, 9.17) is 0 Å². The van der Waals surface area contributed by atoms with Crippen molar-refractivity contribution in [2.45, 2.75) is 0 Å². The molecule has 0 aliphatic heterocycles. The van der Waals surface area contributed by atoms with Crippen LogP contribution < -0.4 is 10.6 Å². The maximum atomic E-state index is 15.9. The van der Waals surface area contributed by atoms with E-state index in [0.29, 0.717) is 0 Å². The van der Waals surface area contributed by atoms with Crippen LogP contribution in [0.2, 0.25) is 0 Å². The molecule has 2 aromatic carbocycles. The summed E-state index contributed by atoms with van der Waals surface area (Å²) in [6.45, 7) is 0. The van der Waals surface area contributed by atoms with Crippen LogP contribution in [0.5, 0.6) is 0 Å². The Balaban J connectivity index is 2.35. The Hall–Kier alpha value is -1.99. The molecule has 0 spiro atoms. The van der Waals surface area contributed by atoms with Crippen molar-refractivity contribution in [2.75, 3.05) is 0 Å². The third kappa shape index (κ3) is 1.78. The molecule has 0 saturated carbocycles. The van der Waals surface area contributed by atoms with Crippen LogP contribution >= 0.6 is 7.38 Å². The first-order valence-corrected chi connectivity index (χ1v) is 8.29. The number of benzene rings is 2. The third-order valence-electron chi connectivity index (χ3n) is 3.39. The molecule has 0 aliphatic rings. The van der Waals surface area contributed by atoms with E-state index in [1.807, 2.05) is 0 Å². The summed E-state index contributed by atoms with van der Waals surface area (Å²) in [7, 11) is -5.40. The third-order valence-corrected chi connectivity index (χ3v) is 6.82. The van der Waals surface area contributed by atoms with Crippen molar-refractivity contribution in [3.63, 3.8) is 0 Å². The average Bonchev–Trinajstić information content (AvgIpc) is 3.05. The average molecular weight is 289 g/mol. The molecule has 3 aromatic rings. The number of hydrogen-bond donors (Lipinski definition) is 0. The van der Waals surface area contributed by atoms with Crippen molar-refractivity contribution in [1.29, 1.82) is 0 Å². The van der Waals surface area contributed by atoms with Gasteiger partial charge in [-0.25, -0.2) is 0 Å². The Morgan fingerprint density at radius 2 is 1.00 bits per heavy atom. The van der Waals surface area contributed by atoms with E-state index in [0.717, 1.165) is 4.34 Å². The quantitative estimate of drug-likeness (QED) is 0.636. The molecule has 1 aromatic heterocycles. The molecule has 0 aliphatic carbocycles. The summed E-state index contributed by atoms with van der Waals surface area (Å²) in [6, 6.07) is 19.4. The predicted octanol–water partition coefficient (Wildman–Crippen LogP) is 4.22. The summed E-state index contributed by atoms with van der Waals surface area (Å²) in [5.41, 5.74) is 0. The molecule has 20 heavy (non-hydrogen) atoms. The Morgan fingerprint density at radius 3 is 1.40 bits per heavy atom. The fourth-order valence-electron chi connectivity index (χ4n) is 2.34. The van der Waals surface area contributed by atoms with Crippen LogP contribution in [0.4, 0.5) is 8.39 Å². The van der Waals surface area contributed by atoms with Gasteiger partial charge in [0.1, 0.15) is 0 Å². The summed E-state index contributed by atoms with van der Waals surface area (Å²) in [5.74, 6) is 0. The molecule has 0 saturated heterocycles. The number of nitrogens with zero attached hydrogens (tertiary/aromatic N) is 1. The molecular formula is C16H14F2NP. The van der Waals surface area contributed by atoms with Gasteiger partial charge in [-0.1, -0.05) is 0 Å². The Bertz CT molecular complexity index is 650. The second-order valence-electron chi connectivity index (χ2n) is 4.60. The van der Waals surface area contributed by atoms with Crippen molar-refractivity contribution in [3.8, 4) is 0 Å². The molecule has 0 bridgehead atoms. The minimum atomic E-state index is -5.40. The van der Waals surface area contributed by atoms with Gasteiger partial charge in [0.15, 0.2) is 0 Å². The van der Waals surface area contributed by atoms with Crippen LogP contribution in [-0.4, -0.2) is 4.34 Å². The van der Waals surface area contributed by atoms with Gasteiger partial charge in [-0.2, -0.15) is 0 Å². The Morgan fingerprint density at radius 1 is 0.600 bits per heavy atom. The van der Waals surface area contributed by atoms with E-state index in [-0.39, 0.29) is 10.6 Å². The molecule has 0 atom stereocenters. The number of aromatic nitrogens is 1. The standard InChI is InChI=1S/C16H14F2NP/c17-20(18,19-13-7-8-14-19,15-9-3-1-4-10-15)16-11-5-2-6-12-16/h1-14H. The molecule has 0 radical (unpaired) electrons. The van der Waals surface area contributed by atoms with Gasteiger partial charge < -0.3 is 0 Å². The second-order valence-corrected chi connectivity index (χ2v) is 7.82. The van der Waals surface area contributed by atoms with Gasteiger partial charge >= 0.3 is 116 Å². The molecular weight excluding hydrogens is 275 g/mol. The summed E-state index contributed by atoms with van der Waals surface area (Å²) in [4.78, 5) is 0. The molecule has 0 N–H and O–H groups in total. The first-order chi connectivity index (χ1) is 9.62. The molecule has 0 amide bonds. The molecule has 0 unspecified atom stereocenters. The second kappa shape index (κ2) is 4.53. The van der Waals surface area contributed by atoms with Crippen LogP contribution in [0.25, 0.3) is 0 Å². The topological polar surface area (TPSA) is 4.93 Å². The van der Waals surface area contributed by atoms with E-state index < -0.39 is 7.38 Å². The first-order valence-electron chi connectivity index (χ1n) is 6.32. The van der Waals surface area contributed by atoms with E-state index in [1.54, 1.807) is 48.5 Å². The molecule has 0 fully saturated rings.